The van der Waals surface area contributed by atoms with Crippen molar-refractivity contribution in [2.45, 2.75) is 12.8 Å². The van der Waals surface area contributed by atoms with E-state index >= 15 is 0 Å². The second-order valence-corrected chi connectivity index (χ2v) is 14.3. The van der Waals surface area contributed by atoms with Crippen LogP contribution in [0.1, 0.15) is 11.1 Å². The summed E-state index contributed by atoms with van der Waals surface area (Å²) in [4.78, 5) is 0. The first-order valence-electron chi connectivity index (χ1n) is 18.7. The van der Waals surface area contributed by atoms with E-state index in [1.807, 2.05) is 0 Å². The second-order valence-electron chi connectivity index (χ2n) is 14.3. The Labute approximate surface area is 309 Å². The normalized spacial score (nSPS) is 11.8. The Balaban J connectivity index is 0.888. The number of rotatable bonds is 8. The van der Waals surface area contributed by atoms with E-state index in [2.05, 4.69) is 182 Å². The van der Waals surface area contributed by atoms with Crippen LogP contribution in [0.25, 0.3) is 86.9 Å². The molecule has 0 aliphatic heterocycles. The molecule has 0 heterocycles. The average molecular weight is 679 g/mol. The van der Waals surface area contributed by atoms with Crippen molar-refractivity contribution in [3.63, 3.8) is 0 Å². The van der Waals surface area contributed by atoms with Crippen molar-refractivity contribution in [3.8, 4) is 22.3 Å². The molecule has 0 aromatic heterocycles. The number of hydrogen-bond donors (Lipinski definition) is 0. The molecule has 252 valence electrons. The van der Waals surface area contributed by atoms with Crippen LogP contribution >= 0.6 is 0 Å². The van der Waals surface area contributed by atoms with Gasteiger partial charge in [-0.25, -0.2) is 0 Å². The average Bonchev–Trinajstić information content (AvgIpc) is 3.20. The lowest BCUT2D eigenvalue weighted by molar-refractivity contribution is 0.140. The van der Waals surface area contributed by atoms with Gasteiger partial charge in [-0.05, 0) is 147 Å². The standard InChI is InChI=1S/C52H38O/c1-3-15-39-33-49-45(29-37(39)13-1)31-41-17-5-7-21-47(41)51(49)43-19-9-11-35(27-43)23-25-53-26-24-36-12-10-20-44(28-36)52-48-22-8-6-18-42(48)32-46-30-38-14-2-4-16-40(38)34-50(46)52/h1-22,27-34H,23-26H2. The molecule has 0 N–H and O–H groups in total. The van der Waals surface area contributed by atoms with Crippen LogP contribution in [-0.4, -0.2) is 13.2 Å². The molecule has 0 atom stereocenters. The lowest BCUT2D eigenvalue weighted by Gasteiger charge is -2.15. The Bertz CT molecular complexity index is 2770. The van der Waals surface area contributed by atoms with E-state index in [4.69, 9.17) is 4.74 Å². The van der Waals surface area contributed by atoms with Gasteiger partial charge in [-0.15, -0.1) is 0 Å². The Morgan fingerprint density at radius 2 is 0.660 bits per heavy atom. The van der Waals surface area contributed by atoms with Crippen LogP contribution < -0.4 is 0 Å². The minimum Gasteiger partial charge on any atom is -0.381 e. The van der Waals surface area contributed by atoms with Crippen LogP contribution in [0.2, 0.25) is 0 Å². The maximum atomic E-state index is 6.31. The highest BCUT2D eigenvalue weighted by atomic mass is 16.5. The monoisotopic (exact) mass is 678 g/mol. The molecule has 0 radical (unpaired) electrons. The molecule has 0 spiro atoms. The summed E-state index contributed by atoms with van der Waals surface area (Å²) in [6.45, 7) is 1.37. The Morgan fingerprint density at radius 3 is 1.11 bits per heavy atom. The number of fused-ring (bicyclic) bond motifs is 6. The van der Waals surface area contributed by atoms with E-state index in [1.165, 1.54) is 98.0 Å². The van der Waals surface area contributed by atoms with E-state index < -0.39 is 0 Å². The van der Waals surface area contributed by atoms with Gasteiger partial charge in [-0.3, -0.25) is 0 Å². The number of ether oxygens (including phenoxy) is 1. The van der Waals surface area contributed by atoms with Gasteiger partial charge in [0.25, 0.3) is 0 Å². The molecule has 10 rings (SSSR count). The fourth-order valence-electron chi connectivity index (χ4n) is 8.38. The first-order valence-corrected chi connectivity index (χ1v) is 18.7. The van der Waals surface area contributed by atoms with Crippen molar-refractivity contribution >= 4 is 64.6 Å². The maximum Gasteiger partial charge on any atom is 0.0506 e. The molecule has 53 heavy (non-hydrogen) atoms. The number of benzene rings is 10. The maximum absolute atomic E-state index is 6.31. The summed E-state index contributed by atoms with van der Waals surface area (Å²) < 4.78 is 6.31. The molecule has 0 aliphatic rings. The zero-order valence-corrected chi connectivity index (χ0v) is 29.6. The summed E-state index contributed by atoms with van der Waals surface area (Å²) in [6.07, 6.45) is 1.74. The largest absolute Gasteiger partial charge is 0.381 e. The Morgan fingerprint density at radius 1 is 0.283 bits per heavy atom. The Hall–Kier alpha value is -6.28. The molecule has 10 aromatic carbocycles. The van der Waals surface area contributed by atoms with Crippen LogP contribution in [0.15, 0.2) is 182 Å². The van der Waals surface area contributed by atoms with Gasteiger partial charge in [0.2, 0.25) is 0 Å². The molecule has 0 saturated carbocycles. The lowest BCUT2D eigenvalue weighted by Crippen LogP contribution is -2.03. The fraction of sp³-hybridized carbons (Fsp3) is 0.0769. The topological polar surface area (TPSA) is 9.23 Å². The third kappa shape index (κ3) is 5.90. The molecule has 0 aliphatic carbocycles. The first kappa shape index (κ1) is 31.5. The van der Waals surface area contributed by atoms with Crippen molar-refractivity contribution < 1.29 is 4.74 Å². The molecule has 0 saturated heterocycles. The van der Waals surface area contributed by atoms with Crippen molar-refractivity contribution in [2.24, 2.45) is 0 Å². The molecule has 1 nitrogen and oxygen atoms in total. The molecule has 0 bridgehead atoms. The molecule has 1 heteroatoms. The summed E-state index contributed by atoms with van der Waals surface area (Å²) in [5.74, 6) is 0. The van der Waals surface area contributed by atoms with Gasteiger partial charge < -0.3 is 4.74 Å². The molecule has 0 unspecified atom stereocenters. The van der Waals surface area contributed by atoms with Crippen molar-refractivity contribution in [3.05, 3.63) is 193 Å². The van der Waals surface area contributed by atoms with Crippen LogP contribution in [0.5, 0.6) is 0 Å². The van der Waals surface area contributed by atoms with Gasteiger partial charge in [-0.1, -0.05) is 146 Å². The second kappa shape index (κ2) is 13.4. The third-order valence-corrected chi connectivity index (χ3v) is 11.0. The molecular formula is C52H38O. The van der Waals surface area contributed by atoms with Gasteiger partial charge >= 0.3 is 0 Å². The van der Waals surface area contributed by atoms with Gasteiger partial charge in [0.1, 0.15) is 0 Å². The fourth-order valence-corrected chi connectivity index (χ4v) is 8.38. The van der Waals surface area contributed by atoms with Crippen LogP contribution in [0.3, 0.4) is 0 Å². The highest BCUT2D eigenvalue weighted by Gasteiger charge is 2.14. The molecule has 0 amide bonds. The zero-order chi connectivity index (χ0) is 35.1. The van der Waals surface area contributed by atoms with Gasteiger partial charge in [0, 0.05) is 0 Å². The highest BCUT2D eigenvalue weighted by Crippen LogP contribution is 2.40. The van der Waals surface area contributed by atoms with E-state index in [9.17, 15) is 0 Å². The summed E-state index contributed by atoms with van der Waals surface area (Å²) in [5, 5.41) is 15.3. The summed E-state index contributed by atoms with van der Waals surface area (Å²) in [5.41, 5.74) is 7.71. The SMILES string of the molecule is c1cc(CCOCCc2cccc(-c3c4ccccc4cc4cc5ccccc5cc34)c2)cc(-c2c3ccccc3cc3cc4ccccc4cc23)c1. The first-order chi connectivity index (χ1) is 26.2. The lowest BCUT2D eigenvalue weighted by atomic mass is 9.90. The van der Waals surface area contributed by atoms with Gasteiger partial charge in [-0.2, -0.15) is 0 Å². The summed E-state index contributed by atoms with van der Waals surface area (Å²) >= 11 is 0. The van der Waals surface area contributed by atoms with E-state index in [0.717, 1.165) is 12.8 Å². The highest BCUT2D eigenvalue weighted by molar-refractivity contribution is 6.17. The zero-order valence-electron chi connectivity index (χ0n) is 29.6. The van der Waals surface area contributed by atoms with Crippen molar-refractivity contribution in [2.75, 3.05) is 13.2 Å². The number of hydrogen-bond acceptors (Lipinski definition) is 1. The van der Waals surface area contributed by atoms with E-state index in [1.54, 1.807) is 0 Å². The smallest absolute Gasteiger partial charge is 0.0506 e. The predicted molar refractivity (Wildman–Crippen MR) is 227 cm³/mol. The third-order valence-electron chi connectivity index (χ3n) is 11.0. The van der Waals surface area contributed by atoms with E-state index in [-0.39, 0.29) is 0 Å². The Kier molecular flexibility index (Phi) is 7.93. The van der Waals surface area contributed by atoms with Gasteiger partial charge in [0.15, 0.2) is 0 Å². The van der Waals surface area contributed by atoms with Crippen LogP contribution in [-0.2, 0) is 17.6 Å². The quantitative estimate of drug-likeness (QED) is 0.115. The van der Waals surface area contributed by atoms with Crippen molar-refractivity contribution in [1.29, 1.82) is 0 Å². The minimum absolute atomic E-state index is 0.686. The van der Waals surface area contributed by atoms with Crippen LogP contribution in [0.4, 0.5) is 0 Å². The predicted octanol–water partition coefficient (Wildman–Crippen LogP) is 13.7. The molecule has 10 aromatic rings. The van der Waals surface area contributed by atoms with Crippen LogP contribution in [0, 0.1) is 0 Å². The minimum atomic E-state index is 0.686. The molecule has 0 fully saturated rings. The van der Waals surface area contributed by atoms with Gasteiger partial charge in [0.05, 0.1) is 13.2 Å². The van der Waals surface area contributed by atoms with Crippen molar-refractivity contribution in [1.82, 2.24) is 0 Å². The van der Waals surface area contributed by atoms with E-state index in [0.29, 0.717) is 13.2 Å². The summed E-state index contributed by atoms with van der Waals surface area (Å²) in [6, 6.07) is 67.0. The summed E-state index contributed by atoms with van der Waals surface area (Å²) in [7, 11) is 0. The molecular weight excluding hydrogens is 641 g/mol.